The molecule has 0 aliphatic heterocycles. The van der Waals surface area contributed by atoms with E-state index in [-0.39, 0.29) is 0 Å². The van der Waals surface area contributed by atoms with Crippen LogP contribution in [0.1, 0.15) is 29.9 Å². The summed E-state index contributed by atoms with van der Waals surface area (Å²) in [5.41, 5.74) is 3.33. The lowest BCUT2D eigenvalue weighted by Gasteiger charge is -2.07. The number of ether oxygens (including phenoxy) is 1. The summed E-state index contributed by atoms with van der Waals surface area (Å²) in [6.07, 6.45) is 3.97. The quantitative estimate of drug-likeness (QED) is 0.692. The van der Waals surface area contributed by atoms with Crippen molar-refractivity contribution in [3.8, 4) is 11.4 Å². The Morgan fingerprint density at radius 2 is 2.18 bits per heavy atom. The SMILES string of the molecule is CCOC(=O)c1cnn2c(-c3ccccn3)cc(CC)nc12. The topological polar surface area (TPSA) is 69.4 Å². The third-order valence-electron chi connectivity index (χ3n) is 3.31. The van der Waals surface area contributed by atoms with Gasteiger partial charge in [-0.3, -0.25) is 4.98 Å². The smallest absolute Gasteiger partial charge is 0.343 e. The van der Waals surface area contributed by atoms with Gasteiger partial charge in [0, 0.05) is 11.9 Å². The van der Waals surface area contributed by atoms with E-state index in [4.69, 9.17) is 4.74 Å². The number of aromatic nitrogens is 4. The predicted octanol–water partition coefficient (Wildman–Crippen LogP) is 2.53. The van der Waals surface area contributed by atoms with Crippen LogP contribution in [0.15, 0.2) is 36.7 Å². The van der Waals surface area contributed by atoms with Crippen molar-refractivity contribution in [3.05, 3.63) is 47.9 Å². The molecule has 0 fully saturated rings. The zero-order valence-electron chi connectivity index (χ0n) is 12.5. The maximum atomic E-state index is 12.0. The van der Waals surface area contributed by atoms with E-state index >= 15 is 0 Å². The van der Waals surface area contributed by atoms with E-state index in [1.807, 2.05) is 31.2 Å². The Hall–Kier alpha value is -2.76. The average molecular weight is 296 g/mol. The van der Waals surface area contributed by atoms with E-state index in [9.17, 15) is 4.79 Å². The van der Waals surface area contributed by atoms with Gasteiger partial charge < -0.3 is 4.74 Å². The van der Waals surface area contributed by atoms with Crippen molar-refractivity contribution in [2.24, 2.45) is 0 Å². The summed E-state index contributed by atoms with van der Waals surface area (Å²) in [5, 5.41) is 4.29. The Morgan fingerprint density at radius 1 is 1.32 bits per heavy atom. The molecular formula is C16H16N4O2. The summed E-state index contributed by atoms with van der Waals surface area (Å²) in [4.78, 5) is 20.9. The highest BCUT2D eigenvalue weighted by atomic mass is 16.5. The molecule has 6 nitrogen and oxygen atoms in total. The van der Waals surface area contributed by atoms with E-state index in [2.05, 4.69) is 15.1 Å². The molecule has 0 N–H and O–H groups in total. The summed E-state index contributed by atoms with van der Waals surface area (Å²) in [7, 11) is 0. The Labute approximate surface area is 127 Å². The maximum Gasteiger partial charge on any atom is 0.343 e. The standard InChI is InChI=1S/C16H16N4O2/c1-3-11-9-14(13-7-5-6-8-17-13)20-15(19-11)12(10-18-20)16(21)22-4-2/h5-10H,3-4H2,1-2H3. The molecule has 0 aliphatic carbocycles. The molecule has 3 aromatic heterocycles. The van der Waals surface area contributed by atoms with Crippen LogP contribution in [0.3, 0.4) is 0 Å². The van der Waals surface area contributed by atoms with E-state index in [0.29, 0.717) is 17.8 Å². The second-order valence-corrected chi connectivity index (χ2v) is 4.72. The molecule has 3 rings (SSSR count). The highest BCUT2D eigenvalue weighted by Crippen LogP contribution is 2.21. The van der Waals surface area contributed by atoms with Crippen LogP contribution in [0, 0.1) is 0 Å². The fourth-order valence-electron chi connectivity index (χ4n) is 2.24. The number of hydrogen-bond acceptors (Lipinski definition) is 5. The molecule has 112 valence electrons. The van der Waals surface area contributed by atoms with Crippen LogP contribution in [0.5, 0.6) is 0 Å². The fourth-order valence-corrected chi connectivity index (χ4v) is 2.24. The minimum absolute atomic E-state index is 0.316. The van der Waals surface area contributed by atoms with Gasteiger partial charge in [0.15, 0.2) is 5.65 Å². The first kappa shape index (κ1) is 14.2. The van der Waals surface area contributed by atoms with E-state index < -0.39 is 5.97 Å². The van der Waals surface area contributed by atoms with Crippen molar-refractivity contribution in [1.29, 1.82) is 0 Å². The zero-order valence-corrected chi connectivity index (χ0v) is 12.5. The Balaban J connectivity index is 2.23. The number of esters is 1. The minimum atomic E-state index is -0.412. The Kier molecular flexibility index (Phi) is 3.82. The van der Waals surface area contributed by atoms with E-state index in [1.54, 1.807) is 17.6 Å². The Bertz CT molecular complexity index is 812. The largest absolute Gasteiger partial charge is 0.462 e. The monoisotopic (exact) mass is 296 g/mol. The molecule has 3 aromatic rings. The molecule has 0 saturated carbocycles. The molecule has 0 aromatic carbocycles. The van der Waals surface area contributed by atoms with Crippen molar-refractivity contribution in [2.75, 3.05) is 6.61 Å². The van der Waals surface area contributed by atoms with Crippen molar-refractivity contribution in [3.63, 3.8) is 0 Å². The van der Waals surface area contributed by atoms with Crippen molar-refractivity contribution in [1.82, 2.24) is 19.6 Å². The van der Waals surface area contributed by atoms with E-state index in [0.717, 1.165) is 23.5 Å². The van der Waals surface area contributed by atoms with Gasteiger partial charge in [-0.25, -0.2) is 14.3 Å². The Morgan fingerprint density at radius 3 is 2.86 bits per heavy atom. The van der Waals surface area contributed by atoms with Gasteiger partial charge >= 0.3 is 5.97 Å². The highest BCUT2D eigenvalue weighted by molar-refractivity contribution is 5.96. The molecule has 0 atom stereocenters. The third-order valence-corrected chi connectivity index (χ3v) is 3.31. The van der Waals surface area contributed by atoms with Crippen LogP contribution < -0.4 is 0 Å². The summed E-state index contributed by atoms with van der Waals surface area (Å²) < 4.78 is 6.70. The minimum Gasteiger partial charge on any atom is -0.462 e. The predicted molar refractivity (Wildman–Crippen MR) is 81.6 cm³/mol. The van der Waals surface area contributed by atoms with Crippen LogP contribution in [0.2, 0.25) is 0 Å². The number of nitrogens with zero attached hydrogens (tertiary/aromatic N) is 4. The lowest BCUT2D eigenvalue weighted by atomic mass is 10.2. The van der Waals surface area contributed by atoms with E-state index in [1.165, 1.54) is 6.20 Å². The molecule has 6 heteroatoms. The van der Waals surface area contributed by atoms with Crippen LogP contribution in [-0.2, 0) is 11.2 Å². The number of pyridine rings is 1. The van der Waals surface area contributed by atoms with Crippen molar-refractivity contribution in [2.45, 2.75) is 20.3 Å². The lowest BCUT2D eigenvalue weighted by molar-refractivity contribution is 0.0528. The average Bonchev–Trinajstić information content (AvgIpc) is 2.99. The highest BCUT2D eigenvalue weighted by Gasteiger charge is 2.18. The van der Waals surface area contributed by atoms with Gasteiger partial charge in [-0.05, 0) is 31.5 Å². The first-order valence-electron chi connectivity index (χ1n) is 7.20. The number of aryl methyl sites for hydroxylation is 1. The number of hydrogen-bond donors (Lipinski definition) is 0. The fraction of sp³-hybridized carbons (Fsp3) is 0.250. The van der Waals surface area contributed by atoms with Gasteiger partial charge in [-0.15, -0.1) is 0 Å². The van der Waals surface area contributed by atoms with Crippen LogP contribution in [-0.4, -0.2) is 32.2 Å². The normalized spacial score (nSPS) is 10.8. The van der Waals surface area contributed by atoms with Crippen molar-refractivity contribution >= 4 is 11.6 Å². The lowest BCUT2D eigenvalue weighted by Crippen LogP contribution is -2.07. The summed E-state index contributed by atoms with van der Waals surface area (Å²) in [6.45, 7) is 4.10. The van der Waals surface area contributed by atoms with Crippen LogP contribution >= 0.6 is 0 Å². The van der Waals surface area contributed by atoms with Gasteiger partial charge in [0.1, 0.15) is 5.56 Å². The maximum absolute atomic E-state index is 12.0. The molecule has 0 amide bonds. The van der Waals surface area contributed by atoms with Crippen LogP contribution in [0.4, 0.5) is 0 Å². The molecule has 3 heterocycles. The molecule has 22 heavy (non-hydrogen) atoms. The molecule has 0 aliphatic rings. The van der Waals surface area contributed by atoms with Crippen molar-refractivity contribution < 1.29 is 9.53 Å². The second kappa shape index (κ2) is 5.93. The number of rotatable bonds is 4. The summed E-state index contributed by atoms with van der Waals surface area (Å²) in [6, 6.07) is 7.61. The molecular weight excluding hydrogens is 280 g/mol. The zero-order chi connectivity index (χ0) is 15.5. The summed E-state index contributed by atoms with van der Waals surface area (Å²) >= 11 is 0. The molecule has 0 radical (unpaired) electrons. The number of carbonyl (C=O) groups is 1. The molecule has 0 spiro atoms. The number of carbonyl (C=O) groups excluding carboxylic acids is 1. The van der Waals surface area contributed by atoms with Gasteiger partial charge in [-0.2, -0.15) is 5.10 Å². The number of fused-ring (bicyclic) bond motifs is 1. The molecule has 0 bridgehead atoms. The second-order valence-electron chi connectivity index (χ2n) is 4.72. The van der Waals surface area contributed by atoms with Gasteiger partial charge in [0.2, 0.25) is 0 Å². The van der Waals surface area contributed by atoms with Gasteiger partial charge in [0.25, 0.3) is 0 Å². The first-order valence-corrected chi connectivity index (χ1v) is 7.20. The van der Waals surface area contributed by atoms with Gasteiger partial charge in [0.05, 0.1) is 24.2 Å². The first-order chi connectivity index (χ1) is 10.7. The van der Waals surface area contributed by atoms with Gasteiger partial charge in [-0.1, -0.05) is 13.0 Å². The molecule has 0 saturated heterocycles. The molecule has 0 unspecified atom stereocenters. The van der Waals surface area contributed by atoms with Crippen LogP contribution in [0.25, 0.3) is 17.0 Å². The summed E-state index contributed by atoms with van der Waals surface area (Å²) in [5.74, 6) is -0.412. The third kappa shape index (κ3) is 2.43.